The van der Waals surface area contributed by atoms with Crippen molar-refractivity contribution in [1.29, 1.82) is 0 Å². The number of rotatable bonds is 3. The zero-order valence-electron chi connectivity index (χ0n) is 12.4. The Kier molecular flexibility index (Phi) is 4.36. The third-order valence-corrected chi connectivity index (χ3v) is 3.98. The monoisotopic (exact) mass is 316 g/mol. The molecule has 0 spiro atoms. The van der Waals surface area contributed by atoms with Crippen molar-refractivity contribution in [3.05, 3.63) is 42.6 Å². The summed E-state index contributed by atoms with van der Waals surface area (Å²) in [5.74, 6) is -0.616. The zero-order valence-corrected chi connectivity index (χ0v) is 12.4. The van der Waals surface area contributed by atoms with Crippen LogP contribution in [0.2, 0.25) is 0 Å². The average molecular weight is 316 g/mol. The molecule has 1 fully saturated rings. The van der Waals surface area contributed by atoms with Gasteiger partial charge in [-0.2, -0.15) is 0 Å². The van der Waals surface area contributed by atoms with Gasteiger partial charge in [-0.1, -0.05) is 6.07 Å². The maximum Gasteiger partial charge on any atom is 0.227 e. The summed E-state index contributed by atoms with van der Waals surface area (Å²) >= 11 is 0. The molecule has 1 aromatic carbocycles. The van der Waals surface area contributed by atoms with Gasteiger partial charge in [-0.25, -0.2) is 9.37 Å². The molecule has 0 saturated carbocycles. The fourth-order valence-electron chi connectivity index (χ4n) is 2.69. The van der Waals surface area contributed by atoms with Crippen molar-refractivity contribution in [2.45, 2.75) is 12.8 Å². The lowest BCUT2D eigenvalue weighted by Gasteiger charge is -2.31. The number of carbonyl (C=O) groups is 1. The number of nitrogens with zero attached hydrogens (tertiary/aromatic N) is 3. The lowest BCUT2D eigenvalue weighted by Crippen LogP contribution is -2.38. The Labute approximate surface area is 133 Å². The minimum absolute atomic E-state index is 0.158. The average Bonchev–Trinajstić information content (AvgIpc) is 2.59. The Hall–Kier alpha value is -2.70. The summed E-state index contributed by atoms with van der Waals surface area (Å²) in [5.41, 5.74) is -0.158. The first-order valence-electron chi connectivity index (χ1n) is 7.44. The van der Waals surface area contributed by atoms with Crippen LogP contribution in [0.4, 0.5) is 15.9 Å². The molecule has 2 heterocycles. The number of hydrogen-bond acceptors (Lipinski definition) is 5. The van der Waals surface area contributed by atoms with E-state index >= 15 is 0 Å². The predicted octanol–water partition coefficient (Wildman–Crippen LogP) is 2.18. The van der Waals surface area contributed by atoms with Gasteiger partial charge in [-0.05, 0) is 25.0 Å². The van der Waals surface area contributed by atoms with Crippen molar-refractivity contribution in [3.8, 4) is 5.75 Å². The number of hydrogen-bond donors (Lipinski definition) is 2. The standard InChI is InChI=1S/C16H17FN4O2/c17-12-2-1-3-13(22)15(12)20-16(23)11-4-8-21(9-5-11)14-10-18-6-7-19-14/h1-3,6-7,10-11,22H,4-5,8-9H2,(H,20,23). The van der Waals surface area contributed by atoms with Gasteiger partial charge in [0, 0.05) is 31.4 Å². The van der Waals surface area contributed by atoms with E-state index in [0.717, 1.165) is 5.82 Å². The fraction of sp³-hybridized carbons (Fsp3) is 0.312. The van der Waals surface area contributed by atoms with E-state index in [4.69, 9.17) is 0 Å². The Morgan fingerprint density at radius 2 is 2.09 bits per heavy atom. The Morgan fingerprint density at radius 3 is 2.74 bits per heavy atom. The number of aromatic hydroxyl groups is 1. The number of nitrogens with one attached hydrogen (secondary N) is 1. The number of para-hydroxylation sites is 1. The van der Waals surface area contributed by atoms with Crippen molar-refractivity contribution in [2.75, 3.05) is 23.3 Å². The Morgan fingerprint density at radius 1 is 1.30 bits per heavy atom. The zero-order chi connectivity index (χ0) is 16.2. The normalized spacial score (nSPS) is 15.4. The highest BCUT2D eigenvalue weighted by molar-refractivity contribution is 5.94. The van der Waals surface area contributed by atoms with Gasteiger partial charge in [0.25, 0.3) is 0 Å². The van der Waals surface area contributed by atoms with Crippen LogP contribution in [0.15, 0.2) is 36.8 Å². The van der Waals surface area contributed by atoms with E-state index in [0.29, 0.717) is 25.9 Å². The summed E-state index contributed by atoms with van der Waals surface area (Å²) in [6.45, 7) is 1.36. The molecule has 1 aliphatic rings. The molecule has 1 saturated heterocycles. The summed E-state index contributed by atoms with van der Waals surface area (Å²) in [5, 5.41) is 12.1. The molecule has 3 rings (SSSR count). The fourth-order valence-corrected chi connectivity index (χ4v) is 2.69. The molecular formula is C16H17FN4O2. The second-order valence-corrected chi connectivity index (χ2v) is 5.45. The second kappa shape index (κ2) is 6.60. The number of aromatic nitrogens is 2. The van der Waals surface area contributed by atoms with Gasteiger partial charge >= 0.3 is 0 Å². The van der Waals surface area contributed by atoms with E-state index in [-0.39, 0.29) is 23.3 Å². The van der Waals surface area contributed by atoms with E-state index in [1.54, 1.807) is 18.6 Å². The molecule has 23 heavy (non-hydrogen) atoms. The minimum atomic E-state index is -0.643. The molecule has 0 bridgehead atoms. The van der Waals surface area contributed by atoms with E-state index in [1.807, 2.05) is 0 Å². The van der Waals surface area contributed by atoms with E-state index in [2.05, 4.69) is 20.2 Å². The van der Waals surface area contributed by atoms with Crippen LogP contribution < -0.4 is 10.2 Å². The molecular weight excluding hydrogens is 299 g/mol. The second-order valence-electron chi connectivity index (χ2n) is 5.45. The van der Waals surface area contributed by atoms with Gasteiger partial charge in [-0.3, -0.25) is 9.78 Å². The lowest BCUT2D eigenvalue weighted by molar-refractivity contribution is -0.120. The van der Waals surface area contributed by atoms with Gasteiger partial charge in [0.2, 0.25) is 5.91 Å². The van der Waals surface area contributed by atoms with Crippen LogP contribution in [0.5, 0.6) is 5.75 Å². The molecule has 0 unspecified atom stereocenters. The van der Waals surface area contributed by atoms with Crippen molar-refractivity contribution in [2.24, 2.45) is 5.92 Å². The molecule has 2 aromatic rings. The molecule has 1 amide bonds. The van der Waals surface area contributed by atoms with Crippen LogP contribution in [-0.4, -0.2) is 34.1 Å². The smallest absolute Gasteiger partial charge is 0.227 e. The first-order chi connectivity index (χ1) is 11.1. The molecule has 6 nitrogen and oxygen atoms in total. The van der Waals surface area contributed by atoms with Gasteiger partial charge in [-0.15, -0.1) is 0 Å². The number of carbonyl (C=O) groups excluding carboxylic acids is 1. The topological polar surface area (TPSA) is 78.4 Å². The van der Waals surface area contributed by atoms with Gasteiger partial charge in [0.15, 0.2) is 5.82 Å². The Bertz CT molecular complexity index is 667. The van der Waals surface area contributed by atoms with Crippen molar-refractivity contribution in [1.82, 2.24) is 9.97 Å². The number of halogens is 1. The third kappa shape index (κ3) is 3.39. The van der Waals surface area contributed by atoms with Gasteiger partial charge in [0.1, 0.15) is 17.3 Å². The number of amides is 1. The first kappa shape index (κ1) is 15.2. The largest absolute Gasteiger partial charge is 0.506 e. The Balaban J connectivity index is 1.60. The predicted molar refractivity (Wildman–Crippen MR) is 83.7 cm³/mol. The highest BCUT2D eigenvalue weighted by Crippen LogP contribution is 2.28. The summed E-state index contributed by atoms with van der Waals surface area (Å²) in [7, 11) is 0. The number of piperidine rings is 1. The SMILES string of the molecule is O=C(Nc1c(O)cccc1F)C1CCN(c2cnccn2)CC1. The molecule has 7 heteroatoms. The number of benzene rings is 1. The van der Waals surface area contributed by atoms with Crippen LogP contribution in [0, 0.1) is 11.7 Å². The maximum absolute atomic E-state index is 13.7. The molecule has 120 valence electrons. The molecule has 1 aliphatic heterocycles. The van der Waals surface area contributed by atoms with E-state index < -0.39 is 5.82 Å². The molecule has 2 N–H and O–H groups in total. The minimum Gasteiger partial charge on any atom is -0.506 e. The van der Waals surface area contributed by atoms with Crippen LogP contribution >= 0.6 is 0 Å². The number of phenols is 1. The lowest BCUT2D eigenvalue weighted by atomic mass is 9.96. The van der Waals surface area contributed by atoms with Crippen LogP contribution in [0.3, 0.4) is 0 Å². The quantitative estimate of drug-likeness (QED) is 0.849. The maximum atomic E-state index is 13.7. The highest BCUT2D eigenvalue weighted by atomic mass is 19.1. The summed E-state index contributed by atoms with van der Waals surface area (Å²) in [4.78, 5) is 22.6. The first-order valence-corrected chi connectivity index (χ1v) is 7.44. The van der Waals surface area contributed by atoms with Crippen molar-refractivity contribution >= 4 is 17.4 Å². The molecule has 0 radical (unpaired) electrons. The van der Waals surface area contributed by atoms with E-state index in [9.17, 15) is 14.3 Å². The molecule has 1 aromatic heterocycles. The van der Waals surface area contributed by atoms with Crippen LogP contribution in [0.1, 0.15) is 12.8 Å². The summed E-state index contributed by atoms with van der Waals surface area (Å²) in [6.07, 6.45) is 6.21. The highest BCUT2D eigenvalue weighted by Gasteiger charge is 2.26. The van der Waals surface area contributed by atoms with Crippen molar-refractivity contribution < 1.29 is 14.3 Å². The summed E-state index contributed by atoms with van der Waals surface area (Å²) in [6, 6.07) is 3.93. The molecule has 0 atom stereocenters. The van der Waals surface area contributed by atoms with E-state index in [1.165, 1.54) is 18.2 Å². The number of anilines is 2. The van der Waals surface area contributed by atoms with Crippen LogP contribution in [0.25, 0.3) is 0 Å². The van der Waals surface area contributed by atoms with Gasteiger partial charge in [0.05, 0.1) is 6.20 Å². The van der Waals surface area contributed by atoms with Gasteiger partial charge < -0.3 is 15.3 Å². The van der Waals surface area contributed by atoms with Crippen LogP contribution in [-0.2, 0) is 4.79 Å². The molecule has 0 aliphatic carbocycles. The van der Waals surface area contributed by atoms with Crippen molar-refractivity contribution in [3.63, 3.8) is 0 Å². The third-order valence-electron chi connectivity index (χ3n) is 3.98. The number of phenolic OH excluding ortho intramolecular Hbond substituents is 1. The summed E-state index contributed by atoms with van der Waals surface area (Å²) < 4.78 is 13.7.